The highest BCUT2D eigenvalue weighted by Crippen LogP contribution is 2.38. The Morgan fingerprint density at radius 3 is 2.54 bits per heavy atom. The maximum atomic E-state index is 5.30. The third-order valence-electron chi connectivity index (χ3n) is 1.99. The van der Waals surface area contributed by atoms with Gasteiger partial charge in [0.25, 0.3) is 0 Å². The van der Waals surface area contributed by atoms with Crippen molar-refractivity contribution in [3.8, 4) is 0 Å². The second-order valence-electron chi connectivity index (χ2n) is 2.81. The summed E-state index contributed by atoms with van der Waals surface area (Å²) in [6.07, 6.45) is 0. The van der Waals surface area contributed by atoms with Crippen molar-refractivity contribution in [1.29, 1.82) is 0 Å². The van der Waals surface area contributed by atoms with E-state index in [1.165, 1.54) is 13.3 Å². The van der Waals surface area contributed by atoms with E-state index in [0.717, 1.165) is 26.3 Å². The van der Waals surface area contributed by atoms with Gasteiger partial charge in [0.05, 0.1) is 26.5 Å². The highest BCUT2D eigenvalue weighted by molar-refractivity contribution is 9.12. The average molecular weight is 327 g/mol. The average Bonchev–Trinajstić information content (AvgIpc) is 2.47. The lowest BCUT2D eigenvalue weighted by Gasteiger charge is -2.28. The van der Waals surface area contributed by atoms with Gasteiger partial charge < -0.3 is 9.64 Å². The number of ether oxygens (including phenoxy) is 1. The number of hydrogen-bond acceptors (Lipinski definition) is 3. The lowest BCUT2D eigenvalue weighted by atomic mass is 10.4. The summed E-state index contributed by atoms with van der Waals surface area (Å²) < 4.78 is 7.67. The number of nitrogens with zero attached hydrogens (tertiary/aromatic N) is 1. The van der Waals surface area contributed by atoms with Crippen LogP contribution < -0.4 is 4.90 Å². The maximum Gasteiger partial charge on any atom is 0.0943 e. The molecule has 0 N–H and O–H groups in total. The fourth-order valence-electron chi connectivity index (χ4n) is 1.35. The largest absolute Gasteiger partial charge is 0.378 e. The van der Waals surface area contributed by atoms with Crippen LogP contribution in [-0.4, -0.2) is 26.3 Å². The van der Waals surface area contributed by atoms with Crippen LogP contribution in [-0.2, 0) is 4.74 Å². The lowest BCUT2D eigenvalue weighted by molar-refractivity contribution is 0.122. The Hall–Kier alpha value is 0.420. The summed E-state index contributed by atoms with van der Waals surface area (Å²) >= 11 is 8.75. The fraction of sp³-hybridized carbons (Fsp3) is 0.500. The molecule has 0 atom stereocenters. The summed E-state index contributed by atoms with van der Waals surface area (Å²) in [6.45, 7) is 3.64. The molecular weight excluding hydrogens is 318 g/mol. The van der Waals surface area contributed by atoms with Crippen LogP contribution in [0.3, 0.4) is 0 Å². The summed E-state index contributed by atoms with van der Waals surface area (Å²) in [4.78, 5) is 2.34. The van der Waals surface area contributed by atoms with E-state index in [9.17, 15) is 0 Å². The van der Waals surface area contributed by atoms with Crippen molar-refractivity contribution in [3.63, 3.8) is 0 Å². The van der Waals surface area contributed by atoms with Gasteiger partial charge in [-0.25, -0.2) is 0 Å². The number of anilines is 1. The first kappa shape index (κ1) is 9.96. The van der Waals surface area contributed by atoms with Crippen LogP contribution in [0.4, 0.5) is 5.69 Å². The Bertz CT molecular complexity index is 296. The van der Waals surface area contributed by atoms with Crippen molar-refractivity contribution in [2.24, 2.45) is 0 Å². The first-order valence-corrected chi connectivity index (χ1v) is 6.45. The van der Waals surface area contributed by atoms with Crippen LogP contribution in [0, 0.1) is 0 Å². The van der Waals surface area contributed by atoms with Gasteiger partial charge in [-0.2, -0.15) is 0 Å². The van der Waals surface area contributed by atoms with Crippen molar-refractivity contribution in [1.82, 2.24) is 0 Å². The van der Waals surface area contributed by atoms with Gasteiger partial charge in [-0.1, -0.05) is 0 Å². The minimum absolute atomic E-state index is 0.833. The normalized spacial score (nSPS) is 17.8. The molecule has 2 heterocycles. The van der Waals surface area contributed by atoms with Crippen molar-refractivity contribution in [2.45, 2.75) is 0 Å². The second kappa shape index (κ2) is 4.29. The highest BCUT2D eigenvalue weighted by Gasteiger charge is 2.15. The summed E-state index contributed by atoms with van der Waals surface area (Å²) in [7, 11) is 0. The second-order valence-corrected chi connectivity index (χ2v) is 6.56. The lowest BCUT2D eigenvalue weighted by Crippen LogP contribution is -2.36. The molecule has 1 fully saturated rings. The molecule has 1 saturated heterocycles. The van der Waals surface area contributed by atoms with Gasteiger partial charge in [0, 0.05) is 13.1 Å². The molecule has 0 aromatic carbocycles. The molecule has 5 heteroatoms. The van der Waals surface area contributed by atoms with E-state index in [1.54, 1.807) is 11.3 Å². The fourth-order valence-corrected chi connectivity index (χ4v) is 4.23. The molecule has 0 amide bonds. The van der Waals surface area contributed by atoms with E-state index >= 15 is 0 Å². The summed E-state index contributed by atoms with van der Waals surface area (Å²) in [6, 6.07) is 2.15. The first-order chi connectivity index (χ1) is 6.27. The van der Waals surface area contributed by atoms with Crippen LogP contribution in [0.25, 0.3) is 0 Å². The zero-order valence-electron chi connectivity index (χ0n) is 6.93. The minimum Gasteiger partial charge on any atom is -0.378 e. The molecule has 1 aliphatic rings. The Morgan fingerprint density at radius 1 is 1.31 bits per heavy atom. The molecule has 2 rings (SSSR count). The molecule has 0 bridgehead atoms. The quantitative estimate of drug-likeness (QED) is 0.786. The predicted octanol–water partition coefficient (Wildman–Crippen LogP) is 3.11. The van der Waals surface area contributed by atoms with E-state index in [2.05, 4.69) is 42.8 Å². The molecule has 13 heavy (non-hydrogen) atoms. The number of hydrogen-bond donors (Lipinski definition) is 0. The Balaban J connectivity index is 2.18. The van der Waals surface area contributed by atoms with Gasteiger partial charge in [-0.3, -0.25) is 0 Å². The zero-order chi connectivity index (χ0) is 9.26. The Kier molecular flexibility index (Phi) is 3.29. The molecule has 1 aliphatic heterocycles. The summed E-state index contributed by atoms with van der Waals surface area (Å²) in [5.74, 6) is 0. The molecule has 0 radical (unpaired) electrons. The van der Waals surface area contributed by atoms with E-state index < -0.39 is 0 Å². The van der Waals surface area contributed by atoms with E-state index in [-0.39, 0.29) is 0 Å². The highest BCUT2D eigenvalue weighted by atomic mass is 79.9. The van der Waals surface area contributed by atoms with Gasteiger partial charge in [0.1, 0.15) is 0 Å². The maximum absolute atomic E-state index is 5.30. The predicted molar refractivity (Wildman–Crippen MR) is 62.8 cm³/mol. The van der Waals surface area contributed by atoms with E-state index in [1.807, 2.05) is 0 Å². The zero-order valence-corrected chi connectivity index (χ0v) is 10.9. The van der Waals surface area contributed by atoms with Crippen LogP contribution in [0.1, 0.15) is 0 Å². The van der Waals surface area contributed by atoms with Crippen LogP contribution >= 0.6 is 43.2 Å². The molecule has 2 nitrogen and oxygen atoms in total. The van der Waals surface area contributed by atoms with Gasteiger partial charge in [-0.15, -0.1) is 11.3 Å². The Labute approximate surface area is 98.1 Å². The minimum atomic E-state index is 0.833. The van der Waals surface area contributed by atoms with Gasteiger partial charge in [0.2, 0.25) is 0 Å². The molecule has 72 valence electrons. The Morgan fingerprint density at radius 2 is 2.00 bits per heavy atom. The number of halogens is 2. The van der Waals surface area contributed by atoms with E-state index in [4.69, 9.17) is 4.74 Å². The molecule has 1 aromatic heterocycles. The molecule has 0 saturated carbocycles. The molecule has 0 spiro atoms. The number of thiophene rings is 1. The van der Waals surface area contributed by atoms with Gasteiger partial charge >= 0.3 is 0 Å². The van der Waals surface area contributed by atoms with Crippen molar-refractivity contribution < 1.29 is 4.74 Å². The molecule has 0 aliphatic carbocycles. The van der Waals surface area contributed by atoms with Crippen LogP contribution in [0.2, 0.25) is 0 Å². The molecule has 0 unspecified atom stereocenters. The SMILES string of the molecule is Brc1cc(N2CCOCC2)c(Br)s1. The monoisotopic (exact) mass is 325 g/mol. The first-order valence-electron chi connectivity index (χ1n) is 4.05. The third kappa shape index (κ3) is 2.26. The summed E-state index contributed by atoms with van der Waals surface area (Å²) in [5, 5.41) is 0. The van der Waals surface area contributed by atoms with Crippen molar-refractivity contribution >= 4 is 48.9 Å². The smallest absolute Gasteiger partial charge is 0.0943 e. The molecular formula is C8H9Br2NOS. The number of rotatable bonds is 1. The number of morpholine rings is 1. The molecule has 1 aromatic rings. The topological polar surface area (TPSA) is 12.5 Å². The van der Waals surface area contributed by atoms with Crippen LogP contribution in [0.15, 0.2) is 13.6 Å². The van der Waals surface area contributed by atoms with Crippen molar-refractivity contribution in [3.05, 3.63) is 13.6 Å². The van der Waals surface area contributed by atoms with Crippen LogP contribution in [0.5, 0.6) is 0 Å². The van der Waals surface area contributed by atoms with E-state index in [0.29, 0.717) is 0 Å². The summed E-state index contributed by atoms with van der Waals surface area (Å²) in [5.41, 5.74) is 1.28. The van der Waals surface area contributed by atoms with Crippen molar-refractivity contribution in [2.75, 3.05) is 31.2 Å². The van der Waals surface area contributed by atoms with Gasteiger partial charge in [0.15, 0.2) is 0 Å². The third-order valence-corrected chi connectivity index (χ3v) is 4.30. The van der Waals surface area contributed by atoms with Gasteiger partial charge in [-0.05, 0) is 37.9 Å². The standard InChI is InChI=1S/C8H9Br2NOS/c9-7-5-6(8(10)13-7)11-1-3-12-4-2-11/h5H,1-4H2.